The van der Waals surface area contributed by atoms with Crippen LogP contribution < -0.4 is 0 Å². The molecule has 0 radical (unpaired) electrons. The number of amides is 1. The van der Waals surface area contributed by atoms with Gasteiger partial charge in [-0.25, -0.2) is 9.78 Å². The summed E-state index contributed by atoms with van der Waals surface area (Å²) in [7, 11) is 0. The molecule has 0 bridgehead atoms. The Hall–Kier alpha value is -2.30. The Morgan fingerprint density at radius 2 is 2.05 bits per heavy atom. The van der Waals surface area contributed by atoms with Crippen LogP contribution >= 0.6 is 0 Å². The number of benzene rings is 1. The van der Waals surface area contributed by atoms with Crippen LogP contribution in [-0.2, 0) is 11.3 Å². The van der Waals surface area contributed by atoms with Crippen LogP contribution in [0.4, 0.5) is 4.79 Å². The third-order valence-corrected chi connectivity index (χ3v) is 3.83. The van der Waals surface area contributed by atoms with Gasteiger partial charge in [0.15, 0.2) is 6.39 Å². The van der Waals surface area contributed by atoms with Crippen LogP contribution in [-0.4, -0.2) is 29.1 Å². The van der Waals surface area contributed by atoms with Crippen LogP contribution in [0.1, 0.15) is 30.0 Å². The van der Waals surface area contributed by atoms with Crippen molar-refractivity contribution in [3.8, 4) is 0 Å². The van der Waals surface area contributed by atoms with Gasteiger partial charge in [0.05, 0.1) is 5.69 Å². The van der Waals surface area contributed by atoms with E-state index in [1.54, 1.807) is 11.2 Å². The molecule has 1 aromatic heterocycles. The van der Waals surface area contributed by atoms with Crippen molar-refractivity contribution in [3.05, 3.63) is 54.2 Å². The van der Waals surface area contributed by atoms with Crippen LogP contribution in [0.15, 0.2) is 47.4 Å². The van der Waals surface area contributed by atoms with Crippen molar-refractivity contribution in [2.75, 3.05) is 13.1 Å². The minimum absolute atomic E-state index is 0.238. The molecule has 0 atom stereocenters. The molecule has 21 heavy (non-hydrogen) atoms. The summed E-state index contributed by atoms with van der Waals surface area (Å²) in [5, 5.41) is 0. The molecule has 0 aliphatic carbocycles. The van der Waals surface area contributed by atoms with Crippen LogP contribution in [0.2, 0.25) is 0 Å². The molecule has 0 saturated carbocycles. The van der Waals surface area contributed by atoms with Gasteiger partial charge in [0.25, 0.3) is 0 Å². The fraction of sp³-hybridized carbons (Fsp3) is 0.375. The van der Waals surface area contributed by atoms with E-state index in [1.165, 1.54) is 6.39 Å². The molecule has 1 saturated heterocycles. The quantitative estimate of drug-likeness (QED) is 0.869. The minimum Gasteiger partial charge on any atom is -0.451 e. The molecule has 0 N–H and O–H groups in total. The first-order valence-corrected chi connectivity index (χ1v) is 7.16. The van der Waals surface area contributed by atoms with Gasteiger partial charge < -0.3 is 14.1 Å². The van der Waals surface area contributed by atoms with Crippen molar-refractivity contribution >= 4 is 6.09 Å². The van der Waals surface area contributed by atoms with Crippen LogP contribution in [0, 0.1) is 0 Å². The Bertz CT molecular complexity index is 560. The zero-order valence-corrected chi connectivity index (χ0v) is 11.8. The number of ether oxygens (including phenoxy) is 1. The van der Waals surface area contributed by atoms with Crippen LogP contribution in [0.25, 0.3) is 0 Å². The Morgan fingerprint density at radius 3 is 2.71 bits per heavy atom. The molecule has 5 nitrogen and oxygen atoms in total. The Kier molecular flexibility index (Phi) is 4.19. The maximum Gasteiger partial charge on any atom is 0.410 e. The predicted octanol–water partition coefficient (Wildman–Crippen LogP) is 3.19. The molecular formula is C16H18N2O3. The third kappa shape index (κ3) is 3.42. The van der Waals surface area contributed by atoms with E-state index in [4.69, 9.17) is 9.15 Å². The van der Waals surface area contributed by atoms with Crippen molar-refractivity contribution in [1.82, 2.24) is 9.88 Å². The molecule has 1 aliphatic rings. The van der Waals surface area contributed by atoms with Crippen LogP contribution in [0.5, 0.6) is 0 Å². The molecule has 2 aromatic rings. The minimum atomic E-state index is -0.238. The lowest BCUT2D eigenvalue weighted by Crippen LogP contribution is -2.38. The van der Waals surface area contributed by atoms with E-state index in [0.717, 1.165) is 24.1 Å². The topological polar surface area (TPSA) is 55.6 Å². The van der Waals surface area contributed by atoms with Gasteiger partial charge in [-0.3, -0.25) is 0 Å². The standard InChI is InChI=1S/C16H18N2O3/c19-16(21-10-13-4-2-1-3-5-13)18-8-6-14(7-9-18)15-11-20-12-17-15/h1-5,11-12,14H,6-10H2. The van der Waals surface area contributed by atoms with Gasteiger partial charge in [-0.2, -0.15) is 0 Å². The largest absolute Gasteiger partial charge is 0.451 e. The summed E-state index contributed by atoms with van der Waals surface area (Å²) in [5.41, 5.74) is 1.98. The predicted molar refractivity (Wildman–Crippen MR) is 76.7 cm³/mol. The number of nitrogens with zero attached hydrogens (tertiary/aromatic N) is 2. The lowest BCUT2D eigenvalue weighted by molar-refractivity contribution is 0.0868. The Labute approximate surface area is 123 Å². The number of rotatable bonds is 3. The number of likely N-dealkylation sites (tertiary alicyclic amines) is 1. The Balaban J connectivity index is 1.47. The number of carbonyl (C=O) groups excluding carboxylic acids is 1. The summed E-state index contributed by atoms with van der Waals surface area (Å²) in [4.78, 5) is 18.0. The van der Waals surface area contributed by atoms with Crippen molar-refractivity contribution < 1.29 is 13.9 Å². The van der Waals surface area contributed by atoms with E-state index in [9.17, 15) is 4.79 Å². The summed E-state index contributed by atoms with van der Waals surface area (Å²) in [6, 6.07) is 9.72. The lowest BCUT2D eigenvalue weighted by atomic mass is 9.94. The van der Waals surface area contributed by atoms with E-state index in [2.05, 4.69) is 4.98 Å². The van der Waals surface area contributed by atoms with Gasteiger partial charge in [-0.1, -0.05) is 30.3 Å². The summed E-state index contributed by atoms with van der Waals surface area (Å²) in [5.74, 6) is 0.377. The first-order chi connectivity index (χ1) is 10.3. The second-order valence-corrected chi connectivity index (χ2v) is 5.21. The molecular weight excluding hydrogens is 268 g/mol. The van der Waals surface area contributed by atoms with E-state index < -0.39 is 0 Å². The molecule has 0 spiro atoms. The molecule has 1 aliphatic heterocycles. The zero-order chi connectivity index (χ0) is 14.5. The Morgan fingerprint density at radius 1 is 1.29 bits per heavy atom. The summed E-state index contributed by atoms with van der Waals surface area (Å²) < 4.78 is 10.4. The molecule has 0 unspecified atom stereocenters. The second-order valence-electron chi connectivity index (χ2n) is 5.21. The van der Waals surface area contributed by atoms with Gasteiger partial charge in [0.2, 0.25) is 0 Å². The van der Waals surface area contributed by atoms with Crippen LogP contribution in [0.3, 0.4) is 0 Å². The van der Waals surface area contributed by atoms with Crippen molar-refractivity contribution in [1.29, 1.82) is 0 Å². The van der Waals surface area contributed by atoms with Gasteiger partial charge in [-0.15, -0.1) is 0 Å². The number of oxazole rings is 1. The highest BCUT2D eigenvalue weighted by Gasteiger charge is 2.25. The molecule has 3 rings (SSSR count). The number of carbonyl (C=O) groups is 1. The van der Waals surface area contributed by atoms with Gasteiger partial charge in [0, 0.05) is 19.0 Å². The monoisotopic (exact) mass is 286 g/mol. The lowest BCUT2D eigenvalue weighted by Gasteiger charge is -2.30. The molecule has 1 aromatic carbocycles. The second kappa shape index (κ2) is 6.43. The van der Waals surface area contributed by atoms with Gasteiger partial charge in [0.1, 0.15) is 12.9 Å². The number of piperidine rings is 1. The average Bonchev–Trinajstić information content (AvgIpc) is 3.08. The van der Waals surface area contributed by atoms with Crippen molar-refractivity contribution in [2.45, 2.75) is 25.4 Å². The van der Waals surface area contributed by atoms with Crippen molar-refractivity contribution in [3.63, 3.8) is 0 Å². The maximum atomic E-state index is 12.0. The number of hydrogen-bond acceptors (Lipinski definition) is 4. The number of hydrogen-bond donors (Lipinski definition) is 0. The average molecular weight is 286 g/mol. The normalized spacial score (nSPS) is 15.9. The van der Waals surface area contributed by atoms with Gasteiger partial charge >= 0.3 is 6.09 Å². The zero-order valence-electron chi connectivity index (χ0n) is 11.8. The first kappa shape index (κ1) is 13.7. The summed E-state index contributed by atoms with van der Waals surface area (Å²) in [6.45, 7) is 1.72. The van der Waals surface area contributed by atoms with E-state index in [0.29, 0.717) is 25.6 Å². The van der Waals surface area contributed by atoms with Gasteiger partial charge in [-0.05, 0) is 18.4 Å². The smallest absolute Gasteiger partial charge is 0.410 e. The highest BCUT2D eigenvalue weighted by atomic mass is 16.6. The molecule has 2 heterocycles. The highest BCUT2D eigenvalue weighted by molar-refractivity contribution is 5.67. The third-order valence-electron chi connectivity index (χ3n) is 3.83. The molecule has 5 heteroatoms. The fourth-order valence-electron chi connectivity index (χ4n) is 2.59. The summed E-state index contributed by atoms with van der Waals surface area (Å²) in [6.07, 6.45) is 4.70. The van der Waals surface area contributed by atoms with E-state index >= 15 is 0 Å². The van der Waals surface area contributed by atoms with E-state index in [1.807, 2.05) is 30.3 Å². The van der Waals surface area contributed by atoms with Crippen molar-refractivity contribution in [2.24, 2.45) is 0 Å². The molecule has 110 valence electrons. The number of aromatic nitrogens is 1. The molecule has 1 amide bonds. The maximum absolute atomic E-state index is 12.0. The first-order valence-electron chi connectivity index (χ1n) is 7.16. The summed E-state index contributed by atoms with van der Waals surface area (Å²) >= 11 is 0. The molecule has 1 fully saturated rings. The SMILES string of the molecule is O=C(OCc1ccccc1)N1CCC(c2cocn2)CC1. The highest BCUT2D eigenvalue weighted by Crippen LogP contribution is 2.26. The van der Waals surface area contributed by atoms with E-state index in [-0.39, 0.29) is 6.09 Å². The fourth-order valence-corrected chi connectivity index (χ4v) is 2.59.